The van der Waals surface area contributed by atoms with Gasteiger partial charge in [0.15, 0.2) is 0 Å². The van der Waals surface area contributed by atoms with Gasteiger partial charge < -0.3 is 0 Å². The third kappa shape index (κ3) is 1.30. The highest BCUT2D eigenvalue weighted by Crippen LogP contribution is 2.36. The van der Waals surface area contributed by atoms with Crippen molar-refractivity contribution >= 4 is 22.9 Å². The van der Waals surface area contributed by atoms with Gasteiger partial charge in [0.05, 0.1) is 0 Å². The van der Waals surface area contributed by atoms with Crippen LogP contribution in [0.1, 0.15) is 26.7 Å². The van der Waals surface area contributed by atoms with Gasteiger partial charge in [-0.05, 0) is 39.8 Å². The number of likely N-dealkylation sites (tertiary alicyclic amines) is 1. The average Bonchev–Trinajstić information content (AvgIpc) is 2.12. The lowest BCUT2D eigenvalue weighted by atomic mass is 9.93. The van der Waals surface area contributed by atoms with Crippen LogP contribution in [-0.2, 0) is 0 Å². The van der Waals surface area contributed by atoms with Crippen LogP contribution in [0.3, 0.4) is 0 Å². The molecule has 1 atom stereocenters. The summed E-state index contributed by atoms with van der Waals surface area (Å²) < 4.78 is 2.47. The van der Waals surface area contributed by atoms with Crippen molar-refractivity contribution in [2.24, 2.45) is 0 Å². The van der Waals surface area contributed by atoms with Crippen LogP contribution in [0.4, 0.5) is 0 Å². The van der Waals surface area contributed by atoms with Crippen molar-refractivity contribution in [3.8, 4) is 0 Å². The Morgan fingerprint density at radius 1 is 1.25 bits per heavy atom. The molecule has 0 aliphatic carbocycles. The van der Waals surface area contributed by atoms with E-state index in [0.717, 1.165) is 6.04 Å². The van der Waals surface area contributed by atoms with E-state index in [2.05, 4.69) is 44.7 Å². The van der Waals surface area contributed by atoms with Gasteiger partial charge in [-0.15, -0.1) is 0 Å². The minimum atomic E-state index is 0.390. The van der Waals surface area contributed by atoms with E-state index in [1.165, 1.54) is 32.5 Å². The molecule has 0 spiro atoms. The van der Waals surface area contributed by atoms with Crippen molar-refractivity contribution in [1.29, 1.82) is 0 Å². The molecule has 2 rings (SSSR count). The summed E-state index contributed by atoms with van der Waals surface area (Å²) in [5.74, 6) is 0. The van der Waals surface area contributed by atoms with Crippen LogP contribution >= 0.6 is 22.9 Å². The first-order chi connectivity index (χ1) is 5.62. The summed E-state index contributed by atoms with van der Waals surface area (Å²) in [6, 6.07) is 0.808. The predicted molar refractivity (Wildman–Crippen MR) is 59.4 cm³/mol. The molecule has 0 radical (unpaired) electrons. The largest absolute Gasteiger partial charge is 0.298 e. The van der Waals surface area contributed by atoms with E-state index in [4.69, 9.17) is 0 Å². The Kier molecular flexibility index (Phi) is 2.38. The van der Waals surface area contributed by atoms with Crippen LogP contribution in [0.25, 0.3) is 0 Å². The zero-order valence-electron chi connectivity index (χ0n) is 7.89. The first kappa shape index (κ1) is 9.21. The number of hydrogen-bond acceptors (Lipinski definition) is 2. The molecule has 0 bridgehead atoms. The minimum Gasteiger partial charge on any atom is -0.298 e. The minimum absolute atomic E-state index is 0.390. The Balaban J connectivity index is 2.06. The molecule has 0 aromatic heterocycles. The molecule has 2 aliphatic rings. The highest BCUT2D eigenvalue weighted by molar-refractivity contribution is 14.1. The third-order valence-corrected chi connectivity index (χ3v) is 5.10. The number of hydrogen-bond donors (Lipinski definition) is 0. The molecule has 0 saturated carbocycles. The topological polar surface area (TPSA) is 6.48 Å². The van der Waals surface area contributed by atoms with Gasteiger partial charge in [-0.25, -0.2) is 3.11 Å². The van der Waals surface area contributed by atoms with Gasteiger partial charge in [0.1, 0.15) is 0 Å². The van der Waals surface area contributed by atoms with Gasteiger partial charge in [-0.1, -0.05) is 0 Å². The van der Waals surface area contributed by atoms with E-state index in [1.807, 2.05) is 0 Å². The molecule has 2 heterocycles. The smallest absolute Gasteiger partial charge is 0.0404 e. The summed E-state index contributed by atoms with van der Waals surface area (Å²) in [4.78, 5) is 2.64. The number of halogens is 1. The van der Waals surface area contributed by atoms with Crippen LogP contribution in [0.5, 0.6) is 0 Å². The molecule has 1 unspecified atom stereocenters. The van der Waals surface area contributed by atoms with E-state index in [-0.39, 0.29) is 0 Å². The maximum Gasteiger partial charge on any atom is 0.0404 e. The zero-order chi connectivity index (χ0) is 8.77. The maximum atomic E-state index is 2.64. The monoisotopic (exact) mass is 280 g/mol. The van der Waals surface area contributed by atoms with Crippen LogP contribution in [0.15, 0.2) is 0 Å². The summed E-state index contributed by atoms with van der Waals surface area (Å²) in [5, 5.41) is 0. The molecular formula is C9H17IN2. The zero-order valence-corrected chi connectivity index (χ0v) is 10.0. The fourth-order valence-electron chi connectivity index (χ4n) is 2.32. The lowest BCUT2D eigenvalue weighted by Crippen LogP contribution is -2.54. The molecule has 70 valence electrons. The summed E-state index contributed by atoms with van der Waals surface area (Å²) >= 11 is 2.47. The van der Waals surface area contributed by atoms with Crippen LogP contribution in [0, 0.1) is 0 Å². The molecular weight excluding hydrogens is 263 g/mol. The first-order valence-electron chi connectivity index (χ1n) is 4.80. The molecule has 2 saturated heterocycles. The second-order valence-corrected chi connectivity index (χ2v) is 5.60. The van der Waals surface area contributed by atoms with Crippen molar-refractivity contribution in [2.75, 3.05) is 19.6 Å². The van der Waals surface area contributed by atoms with Crippen molar-refractivity contribution < 1.29 is 0 Å². The second kappa shape index (κ2) is 3.10. The number of nitrogens with zero attached hydrogens (tertiary/aromatic N) is 2. The Hall–Kier alpha value is 0.650. The third-order valence-electron chi connectivity index (χ3n) is 3.37. The van der Waals surface area contributed by atoms with Crippen molar-refractivity contribution in [3.05, 3.63) is 0 Å². The second-order valence-electron chi connectivity index (χ2n) is 4.43. The van der Waals surface area contributed by atoms with Gasteiger partial charge in [0, 0.05) is 41.0 Å². The summed E-state index contributed by atoms with van der Waals surface area (Å²) in [6.07, 6.45) is 2.77. The molecule has 2 fully saturated rings. The van der Waals surface area contributed by atoms with Crippen LogP contribution < -0.4 is 0 Å². The molecule has 0 aromatic carbocycles. The molecule has 2 nitrogen and oxygen atoms in total. The SMILES string of the molecule is CC1(C)C(N2CCC2)CCN1I. The highest BCUT2D eigenvalue weighted by Gasteiger charge is 2.44. The normalized spacial score (nSPS) is 36.8. The highest BCUT2D eigenvalue weighted by atomic mass is 127. The Morgan fingerprint density at radius 3 is 2.25 bits per heavy atom. The van der Waals surface area contributed by atoms with Crippen molar-refractivity contribution in [1.82, 2.24) is 8.01 Å². The molecule has 12 heavy (non-hydrogen) atoms. The fraction of sp³-hybridized carbons (Fsp3) is 1.00. The molecule has 0 amide bonds. The predicted octanol–water partition coefficient (Wildman–Crippen LogP) is 1.89. The molecule has 0 aromatic rings. The Bertz CT molecular complexity index is 177. The molecule has 0 N–H and O–H groups in total. The summed E-state index contributed by atoms with van der Waals surface area (Å²) in [7, 11) is 0. The fourth-order valence-corrected chi connectivity index (χ4v) is 2.92. The van der Waals surface area contributed by atoms with Gasteiger partial charge in [-0.3, -0.25) is 4.90 Å². The lowest BCUT2D eigenvalue weighted by molar-refractivity contribution is 0.0725. The van der Waals surface area contributed by atoms with Crippen LogP contribution in [-0.4, -0.2) is 39.2 Å². The van der Waals surface area contributed by atoms with Crippen molar-refractivity contribution in [3.63, 3.8) is 0 Å². The molecule has 2 aliphatic heterocycles. The first-order valence-corrected chi connectivity index (χ1v) is 5.76. The van der Waals surface area contributed by atoms with E-state index in [0.29, 0.717) is 5.54 Å². The van der Waals surface area contributed by atoms with E-state index < -0.39 is 0 Å². The standard InChI is InChI=1S/C9H17IN2/c1-9(2)8(4-7-12(9)10)11-5-3-6-11/h8H,3-7H2,1-2H3. The van der Waals surface area contributed by atoms with Crippen molar-refractivity contribution in [2.45, 2.75) is 38.3 Å². The van der Waals surface area contributed by atoms with E-state index >= 15 is 0 Å². The van der Waals surface area contributed by atoms with E-state index in [9.17, 15) is 0 Å². The quantitative estimate of drug-likeness (QED) is 0.534. The summed E-state index contributed by atoms with van der Waals surface area (Å²) in [6.45, 7) is 8.66. The van der Waals surface area contributed by atoms with Gasteiger partial charge in [0.2, 0.25) is 0 Å². The molecule has 3 heteroatoms. The Morgan fingerprint density at radius 2 is 1.92 bits per heavy atom. The van der Waals surface area contributed by atoms with Crippen LogP contribution in [0.2, 0.25) is 0 Å². The lowest BCUT2D eigenvalue weighted by Gasteiger charge is -2.44. The number of rotatable bonds is 1. The van der Waals surface area contributed by atoms with Gasteiger partial charge in [0.25, 0.3) is 0 Å². The van der Waals surface area contributed by atoms with Gasteiger partial charge in [-0.2, -0.15) is 0 Å². The maximum absolute atomic E-state index is 2.64. The average molecular weight is 280 g/mol. The Labute approximate surface area is 88.8 Å². The summed E-state index contributed by atoms with van der Waals surface area (Å²) in [5.41, 5.74) is 0.390. The van der Waals surface area contributed by atoms with Gasteiger partial charge >= 0.3 is 0 Å². The van der Waals surface area contributed by atoms with E-state index in [1.54, 1.807) is 0 Å².